The Bertz CT molecular complexity index is 1310. The molecular formula is C30H36N4O3S. The molecule has 1 aromatic heterocycles. The summed E-state index contributed by atoms with van der Waals surface area (Å²) < 4.78 is 20.3. The second-order valence-corrected chi connectivity index (χ2v) is 11.8. The Hall–Kier alpha value is -2.94. The third kappa shape index (κ3) is 6.54. The molecule has 2 N–H and O–H groups in total. The van der Waals surface area contributed by atoms with E-state index < -0.39 is 11.1 Å². The minimum absolute atomic E-state index is 0.111. The monoisotopic (exact) mass is 532 g/mol. The van der Waals surface area contributed by atoms with E-state index in [9.17, 15) is 9.00 Å². The van der Waals surface area contributed by atoms with Crippen molar-refractivity contribution < 1.29 is 13.6 Å². The Labute approximate surface area is 227 Å². The van der Waals surface area contributed by atoms with Crippen LogP contribution < -0.4 is 5.32 Å². The van der Waals surface area contributed by atoms with Gasteiger partial charge in [-0.05, 0) is 80.8 Å². The molecule has 0 spiro atoms. The Morgan fingerprint density at radius 2 is 1.82 bits per heavy atom. The van der Waals surface area contributed by atoms with E-state index in [4.69, 9.17) is 9.54 Å². The van der Waals surface area contributed by atoms with Gasteiger partial charge in [0, 0.05) is 48.6 Å². The van der Waals surface area contributed by atoms with E-state index in [0.29, 0.717) is 34.8 Å². The summed E-state index contributed by atoms with van der Waals surface area (Å²) in [6.45, 7) is 5.96. The fraction of sp³-hybridized carbons (Fsp3) is 0.433. The van der Waals surface area contributed by atoms with Gasteiger partial charge in [0.25, 0.3) is 0 Å². The molecule has 2 unspecified atom stereocenters. The summed E-state index contributed by atoms with van der Waals surface area (Å²) in [6.07, 6.45) is 9.21. The second kappa shape index (κ2) is 11.8. The number of hydrogen-bond donors (Lipinski definition) is 2. The maximum Gasteiger partial charge on any atom is 0.227 e. The molecule has 5 rings (SSSR count). The van der Waals surface area contributed by atoms with Gasteiger partial charge in [-0.15, -0.1) is 0 Å². The van der Waals surface area contributed by atoms with E-state index in [-0.39, 0.29) is 5.78 Å². The molecular weight excluding hydrogens is 496 g/mol. The van der Waals surface area contributed by atoms with Gasteiger partial charge < -0.3 is 9.87 Å². The third-order valence-electron chi connectivity index (χ3n) is 7.89. The average Bonchev–Trinajstić information content (AvgIpc) is 3.16. The normalized spacial score (nSPS) is 20.5. The number of Topliss-reactive ketones (excluding diaryl/α,β-unsaturated/α-hetero) is 1. The van der Waals surface area contributed by atoms with Crippen LogP contribution in [0.3, 0.4) is 0 Å². The highest BCUT2D eigenvalue weighted by Crippen LogP contribution is 2.33. The molecule has 7 nitrogen and oxygen atoms in total. The summed E-state index contributed by atoms with van der Waals surface area (Å²) >= 11 is -2.02. The van der Waals surface area contributed by atoms with Crippen LogP contribution in [-0.4, -0.2) is 35.5 Å². The molecule has 0 amide bonds. The number of rotatable bonds is 8. The SMILES string of the molecule is Cc1cc(C)cc(Nc2ncc3c(n2)CN([C@H]2CCCC(CCC(=O)c4ccc(S(=O)O)cc4)CC2)C3)c1. The highest BCUT2D eigenvalue weighted by atomic mass is 32.2. The summed E-state index contributed by atoms with van der Waals surface area (Å²) in [5.74, 6) is 1.33. The Morgan fingerprint density at radius 3 is 2.55 bits per heavy atom. The van der Waals surface area contributed by atoms with Crippen LogP contribution in [-0.2, 0) is 24.2 Å². The molecule has 1 aliphatic heterocycles. The van der Waals surface area contributed by atoms with Gasteiger partial charge in [-0.2, -0.15) is 0 Å². The molecule has 2 heterocycles. The third-order valence-corrected chi connectivity index (χ3v) is 8.57. The number of nitrogens with one attached hydrogen (secondary N) is 1. The smallest absolute Gasteiger partial charge is 0.227 e. The van der Waals surface area contributed by atoms with Crippen LogP contribution in [0, 0.1) is 19.8 Å². The van der Waals surface area contributed by atoms with Crippen molar-refractivity contribution in [1.29, 1.82) is 0 Å². The molecule has 0 saturated heterocycles. The fourth-order valence-corrected chi connectivity index (χ4v) is 6.29. The molecule has 2 aromatic carbocycles. The molecule has 1 fully saturated rings. The van der Waals surface area contributed by atoms with Gasteiger partial charge in [0.15, 0.2) is 16.9 Å². The number of nitrogens with zero attached hydrogens (tertiary/aromatic N) is 3. The first-order chi connectivity index (χ1) is 18.3. The molecule has 3 atom stereocenters. The minimum atomic E-state index is -2.02. The predicted molar refractivity (Wildman–Crippen MR) is 150 cm³/mol. The molecule has 200 valence electrons. The molecule has 0 bridgehead atoms. The highest BCUT2D eigenvalue weighted by molar-refractivity contribution is 7.79. The molecule has 1 aliphatic carbocycles. The van der Waals surface area contributed by atoms with E-state index in [1.807, 2.05) is 6.20 Å². The predicted octanol–water partition coefficient (Wildman–Crippen LogP) is 6.35. The van der Waals surface area contributed by atoms with Gasteiger partial charge >= 0.3 is 0 Å². The van der Waals surface area contributed by atoms with E-state index in [1.54, 1.807) is 24.3 Å². The van der Waals surface area contributed by atoms with Crippen LogP contribution in [0.1, 0.15) is 77.7 Å². The summed E-state index contributed by atoms with van der Waals surface area (Å²) in [5.41, 5.74) is 6.41. The van der Waals surface area contributed by atoms with E-state index in [0.717, 1.165) is 50.2 Å². The molecule has 0 radical (unpaired) electrons. The van der Waals surface area contributed by atoms with Crippen molar-refractivity contribution in [3.63, 3.8) is 0 Å². The fourth-order valence-electron chi connectivity index (χ4n) is 5.92. The van der Waals surface area contributed by atoms with Gasteiger partial charge in [-0.25, -0.2) is 14.2 Å². The Balaban J connectivity index is 1.12. The van der Waals surface area contributed by atoms with E-state index in [2.05, 4.69) is 47.2 Å². The molecule has 2 aliphatic rings. The summed E-state index contributed by atoms with van der Waals surface area (Å²) in [6, 6.07) is 13.3. The molecule has 8 heteroatoms. The largest absolute Gasteiger partial charge is 0.324 e. The first kappa shape index (κ1) is 26.7. The van der Waals surface area contributed by atoms with Gasteiger partial charge in [-0.3, -0.25) is 9.69 Å². The lowest BCUT2D eigenvalue weighted by Gasteiger charge is -2.26. The molecule has 3 aromatic rings. The van der Waals surface area contributed by atoms with Crippen molar-refractivity contribution in [3.8, 4) is 0 Å². The van der Waals surface area contributed by atoms with Crippen molar-refractivity contribution in [2.75, 3.05) is 5.32 Å². The Morgan fingerprint density at radius 1 is 1.05 bits per heavy atom. The van der Waals surface area contributed by atoms with Crippen LogP contribution in [0.5, 0.6) is 0 Å². The summed E-state index contributed by atoms with van der Waals surface area (Å²) in [5, 5.41) is 3.38. The number of carbonyl (C=O) groups is 1. The quantitative estimate of drug-likeness (QED) is 0.198. The maximum absolute atomic E-state index is 12.7. The van der Waals surface area contributed by atoms with Gasteiger partial charge in [0.1, 0.15) is 0 Å². The number of benzene rings is 2. The second-order valence-electron chi connectivity index (χ2n) is 10.8. The van der Waals surface area contributed by atoms with Crippen LogP contribution in [0.2, 0.25) is 0 Å². The van der Waals surface area contributed by atoms with Gasteiger partial charge in [0.05, 0.1) is 10.6 Å². The number of carbonyl (C=O) groups excluding carboxylic acids is 1. The first-order valence-electron chi connectivity index (χ1n) is 13.5. The van der Waals surface area contributed by atoms with E-state index >= 15 is 0 Å². The van der Waals surface area contributed by atoms with Crippen molar-refractivity contribution in [3.05, 3.63) is 76.6 Å². The zero-order valence-corrected chi connectivity index (χ0v) is 23.0. The molecule has 1 saturated carbocycles. The molecule has 38 heavy (non-hydrogen) atoms. The average molecular weight is 533 g/mol. The van der Waals surface area contributed by atoms with Gasteiger partial charge in [0.2, 0.25) is 5.95 Å². The summed E-state index contributed by atoms with van der Waals surface area (Å²) in [7, 11) is 0. The van der Waals surface area contributed by atoms with E-state index in [1.165, 1.54) is 29.5 Å². The standard InChI is InChI=1S/C30H36N4O3S/c1-20-14-21(2)16-25(15-20)32-30-31-17-24-18-34(19-28(24)33-30)26-5-3-4-22(6-10-26)7-13-29(35)23-8-11-27(12-9-23)38(36)37/h8-9,11-12,14-17,22,26H,3-7,10,13,18-19H2,1-2H3,(H,36,37)(H,31,32,33)/t22?,26-/m0/s1. The van der Waals surface area contributed by atoms with Crippen molar-refractivity contribution >= 4 is 28.5 Å². The van der Waals surface area contributed by atoms with Crippen LogP contribution in [0.15, 0.2) is 53.6 Å². The number of aromatic nitrogens is 2. The lowest BCUT2D eigenvalue weighted by Crippen LogP contribution is -2.30. The maximum atomic E-state index is 12.7. The minimum Gasteiger partial charge on any atom is -0.324 e. The van der Waals surface area contributed by atoms with Crippen LogP contribution in [0.25, 0.3) is 0 Å². The lowest BCUT2D eigenvalue weighted by atomic mass is 9.92. The zero-order chi connectivity index (χ0) is 26.6. The first-order valence-corrected chi connectivity index (χ1v) is 14.6. The number of ketones is 1. The van der Waals surface area contributed by atoms with Crippen LogP contribution >= 0.6 is 0 Å². The van der Waals surface area contributed by atoms with Crippen molar-refractivity contribution in [2.45, 2.75) is 82.8 Å². The van der Waals surface area contributed by atoms with Gasteiger partial charge in [-0.1, -0.05) is 31.0 Å². The number of hydrogen-bond acceptors (Lipinski definition) is 6. The van der Waals surface area contributed by atoms with Crippen molar-refractivity contribution in [2.24, 2.45) is 5.92 Å². The highest BCUT2D eigenvalue weighted by Gasteiger charge is 2.29. The lowest BCUT2D eigenvalue weighted by molar-refractivity contribution is 0.0972. The topological polar surface area (TPSA) is 95.4 Å². The summed E-state index contributed by atoms with van der Waals surface area (Å²) in [4.78, 5) is 25.0. The number of fused-ring (bicyclic) bond motifs is 1. The van der Waals surface area contributed by atoms with Crippen molar-refractivity contribution in [1.82, 2.24) is 14.9 Å². The Kier molecular flexibility index (Phi) is 8.31. The number of aryl methyl sites for hydroxylation is 2. The van der Waals surface area contributed by atoms with Crippen LogP contribution in [0.4, 0.5) is 11.6 Å². The number of anilines is 2. The zero-order valence-electron chi connectivity index (χ0n) is 22.2.